The van der Waals surface area contributed by atoms with Gasteiger partial charge >= 0.3 is 5.97 Å². The van der Waals surface area contributed by atoms with E-state index in [0.717, 1.165) is 11.1 Å². The number of fused-ring (bicyclic) bond motifs is 1. The summed E-state index contributed by atoms with van der Waals surface area (Å²) in [5.41, 5.74) is 2.31. The van der Waals surface area contributed by atoms with E-state index in [0.29, 0.717) is 36.0 Å². The summed E-state index contributed by atoms with van der Waals surface area (Å²) in [6.45, 7) is 2.06. The maximum absolute atomic E-state index is 13.5. The first kappa shape index (κ1) is 23.2. The predicted molar refractivity (Wildman–Crippen MR) is 120 cm³/mol. The molecular weight excluding hydrogens is 443 g/mol. The van der Waals surface area contributed by atoms with Crippen LogP contribution in [-0.4, -0.2) is 59.4 Å². The normalized spacial score (nSPS) is 15.0. The molecule has 0 saturated heterocycles. The SMILES string of the molecule is COC(=O)CC1c2cc(OC)c(OC)cc2CCN1C(=O)c1nc(C)n(-c2ccc(F)cc2)n1. The van der Waals surface area contributed by atoms with Crippen molar-refractivity contribution in [2.45, 2.75) is 25.8 Å². The summed E-state index contributed by atoms with van der Waals surface area (Å²) in [6, 6.07) is 8.80. The van der Waals surface area contributed by atoms with E-state index >= 15 is 0 Å². The van der Waals surface area contributed by atoms with E-state index < -0.39 is 17.9 Å². The largest absolute Gasteiger partial charge is 0.493 e. The molecule has 0 fully saturated rings. The van der Waals surface area contributed by atoms with Crippen molar-refractivity contribution >= 4 is 11.9 Å². The van der Waals surface area contributed by atoms with Gasteiger partial charge in [-0.05, 0) is 60.9 Å². The van der Waals surface area contributed by atoms with Crippen LogP contribution >= 0.6 is 0 Å². The number of hydrogen-bond donors (Lipinski definition) is 0. The molecule has 0 N–H and O–H groups in total. The summed E-state index contributed by atoms with van der Waals surface area (Å²) in [5, 5.41) is 4.37. The average Bonchev–Trinajstić information content (AvgIpc) is 3.24. The lowest BCUT2D eigenvalue weighted by Crippen LogP contribution is -2.41. The highest BCUT2D eigenvalue weighted by atomic mass is 19.1. The van der Waals surface area contributed by atoms with Gasteiger partial charge in [0.2, 0.25) is 5.82 Å². The number of aromatic nitrogens is 3. The topological polar surface area (TPSA) is 95.8 Å². The van der Waals surface area contributed by atoms with Gasteiger partial charge in [0, 0.05) is 6.54 Å². The van der Waals surface area contributed by atoms with Gasteiger partial charge in [-0.2, -0.15) is 0 Å². The van der Waals surface area contributed by atoms with Crippen molar-refractivity contribution in [3.8, 4) is 17.2 Å². The number of esters is 1. The monoisotopic (exact) mass is 468 g/mol. The molecule has 2 heterocycles. The predicted octanol–water partition coefficient (Wildman–Crippen LogP) is 3.03. The molecule has 1 amide bonds. The zero-order chi connectivity index (χ0) is 24.4. The minimum Gasteiger partial charge on any atom is -0.493 e. The van der Waals surface area contributed by atoms with Crippen LogP contribution in [0.25, 0.3) is 5.69 Å². The van der Waals surface area contributed by atoms with Crippen molar-refractivity contribution in [2.75, 3.05) is 27.9 Å². The molecule has 1 aliphatic rings. The fourth-order valence-corrected chi connectivity index (χ4v) is 4.17. The Morgan fingerprint density at radius 1 is 1.09 bits per heavy atom. The molecule has 9 nitrogen and oxygen atoms in total. The Bertz CT molecular complexity index is 1220. The van der Waals surface area contributed by atoms with Gasteiger partial charge in [0.05, 0.1) is 39.5 Å². The minimum atomic E-state index is -0.596. The molecule has 1 atom stereocenters. The van der Waals surface area contributed by atoms with Crippen molar-refractivity contribution in [2.24, 2.45) is 0 Å². The summed E-state index contributed by atoms with van der Waals surface area (Å²) < 4.78 is 30.5. The van der Waals surface area contributed by atoms with Gasteiger partial charge in [0.15, 0.2) is 11.5 Å². The lowest BCUT2D eigenvalue weighted by molar-refractivity contribution is -0.141. The van der Waals surface area contributed by atoms with Crippen LogP contribution in [0.1, 0.15) is 40.0 Å². The summed E-state index contributed by atoms with van der Waals surface area (Å²) in [7, 11) is 4.39. The van der Waals surface area contributed by atoms with Gasteiger partial charge in [-0.15, -0.1) is 5.10 Å². The summed E-state index contributed by atoms with van der Waals surface area (Å²) in [4.78, 5) is 31.7. The van der Waals surface area contributed by atoms with E-state index in [1.54, 1.807) is 37.1 Å². The fraction of sp³-hybridized carbons (Fsp3) is 0.333. The first-order valence-corrected chi connectivity index (χ1v) is 10.7. The van der Waals surface area contributed by atoms with Gasteiger partial charge in [0.1, 0.15) is 11.6 Å². The van der Waals surface area contributed by atoms with Crippen LogP contribution < -0.4 is 9.47 Å². The Hall–Kier alpha value is -3.95. The molecule has 0 bridgehead atoms. The number of hydrogen-bond acceptors (Lipinski definition) is 7. The molecule has 0 radical (unpaired) electrons. The van der Waals surface area contributed by atoms with Gasteiger partial charge in [-0.1, -0.05) is 0 Å². The zero-order valence-electron chi connectivity index (χ0n) is 19.4. The number of halogens is 1. The third-order valence-corrected chi connectivity index (χ3v) is 5.88. The van der Waals surface area contributed by atoms with E-state index in [9.17, 15) is 14.0 Å². The van der Waals surface area contributed by atoms with Crippen molar-refractivity contribution in [3.05, 3.63) is 65.0 Å². The van der Waals surface area contributed by atoms with Crippen LogP contribution in [-0.2, 0) is 16.0 Å². The number of methoxy groups -OCH3 is 3. The molecule has 1 aromatic heterocycles. The standard InChI is InChI=1S/C24H25FN4O5/c1-14-26-23(27-29(14)17-7-5-16(25)6-8-17)24(31)28-10-9-15-11-20(32-2)21(33-3)12-18(15)19(28)13-22(30)34-4/h5-8,11-12,19H,9-10,13H2,1-4H3. The molecule has 1 unspecified atom stereocenters. The van der Waals surface area contributed by atoms with Crippen LogP contribution in [0.3, 0.4) is 0 Å². The van der Waals surface area contributed by atoms with Crippen molar-refractivity contribution in [1.29, 1.82) is 0 Å². The number of carbonyl (C=O) groups is 2. The highest BCUT2D eigenvalue weighted by Gasteiger charge is 2.36. The molecule has 4 rings (SSSR count). The average molecular weight is 468 g/mol. The van der Waals surface area contributed by atoms with Crippen molar-refractivity contribution in [3.63, 3.8) is 0 Å². The first-order valence-electron chi connectivity index (χ1n) is 10.7. The maximum Gasteiger partial charge on any atom is 0.307 e. The lowest BCUT2D eigenvalue weighted by atomic mass is 9.90. The summed E-state index contributed by atoms with van der Waals surface area (Å²) in [6.07, 6.45) is 0.513. The molecule has 2 aromatic carbocycles. The van der Waals surface area contributed by atoms with Crippen LogP contribution in [0, 0.1) is 12.7 Å². The number of rotatable bonds is 6. The number of nitrogens with zero attached hydrogens (tertiary/aromatic N) is 4. The third kappa shape index (κ3) is 4.30. The summed E-state index contributed by atoms with van der Waals surface area (Å²) >= 11 is 0. The van der Waals surface area contributed by atoms with E-state index in [-0.39, 0.29) is 18.1 Å². The van der Waals surface area contributed by atoms with Crippen LogP contribution in [0.4, 0.5) is 4.39 Å². The molecule has 178 valence electrons. The van der Waals surface area contributed by atoms with Gasteiger partial charge in [0.25, 0.3) is 5.91 Å². The number of amides is 1. The van der Waals surface area contributed by atoms with Crippen LogP contribution in [0.5, 0.6) is 11.5 Å². The second-order valence-electron chi connectivity index (χ2n) is 7.82. The quantitative estimate of drug-likeness (QED) is 0.513. The van der Waals surface area contributed by atoms with Gasteiger partial charge in [-0.3, -0.25) is 9.59 Å². The Morgan fingerprint density at radius 2 is 1.76 bits per heavy atom. The van der Waals surface area contributed by atoms with Crippen molar-refractivity contribution in [1.82, 2.24) is 19.7 Å². The van der Waals surface area contributed by atoms with E-state index in [2.05, 4.69) is 10.1 Å². The summed E-state index contributed by atoms with van der Waals surface area (Å²) in [5.74, 6) is 0.296. The first-order chi connectivity index (χ1) is 16.4. The maximum atomic E-state index is 13.5. The number of benzene rings is 2. The number of ether oxygens (including phenoxy) is 3. The number of aryl methyl sites for hydroxylation is 1. The molecule has 0 aliphatic carbocycles. The smallest absolute Gasteiger partial charge is 0.307 e. The van der Waals surface area contributed by atoms with Gasteiger partial charge in [-0.25, -0.2) is 14.1 Å². The van der Waals surface area contributed by atoms with Crippen LogP contribution in [0.15, 0.2) is 36.4 Å². The third-order valence-electron chi connectivity index (χ3n) is 5.88. The van der Waals surface area contributed by atoms with E-state index in [1.807, 2.05) is 6.07 Å². The fourth-order valence-electron chi connectivity index (χ4n) is 4.17. The molecule has 3 aromatic rings. The molecule has 0 saturated carbocycles. The molecule has 1 aliphatic heterocycles. The second-order valence-corrected chi connectivity index (χ2v) is 7.82. The Kier molecular flexibility index (Phi) is 6.49. The molecule has 34 heavy (non-hydrogen) atoms. The molecular formula is C24H25FN4O5. The highest BCUT2D eigenvalue weighted by molar-refractivity contribution is 5.91. The Labute approximate surface area is 196 Å². The van der Waals surface area contributed by atoms with Crippen molar-refractivity contribution < 1.29 is 28.2 Å². The molecule has 10 heteroatoms. The lowest BCUT2D eigenvalue weighted by Gasteiger charge is -2.36. The van der Waals surface area contributed by atoms with Gasteiger partial charge < -0.3 is 19.1 Å². The minimum absolute atomic E-state index is 0.0133. The highest BCUT2D eigenvalue weighted by Crippen LogP contribution is 2.40. The Morgan fingerprint density at radius 3 is 2.41 bits per heavy atom. The van der Waals surface area contributed by atoms with E-state index in [4.69, 9.17) is 14.2 Å². The Balaban J connectivity index is 1.71. The molecule has 0 spiro atoms. The van der Waals surface area contributed by atoms with Crippen LogP contribution in [0.2, 0.25) is 0 Å². The number of carbonyl (C=O) groups excluding carboxylic acids is 2. The van der Waals surface area contributed by atoms with E-state index in [1.165, 1.54) is 31.0 Å². The second kappa shape index (κ2) is 9.50. The zero-order valence-corrected chi connectivity index (χ0v) is 19.4.